The molecule has 1 nitrogen and oxygen atoms in total. The van der Waals surface area contributed by atoms with Gasteiger partial charge >= 0.3 is 0 Å². The molecule has 0 atom stereocenters. The van der Waals surface area contributed by atoms with Gasteiger partial charge in [0.05, 0.1) is 0 Å². The van der Waals surface area contributed by atoms with E-state index >= 15 is 0 Å². The zero-order chi connectivity index (χ0) is 12.1. The van der Waals surface area contributed by atoms with Crippen LogP contribution in [0.3, 0.4) is 0 Å². The number of rotatable bonds is 0. The average Bonchev–Trinajstić information content (AvgIpc) is 2.80. The van der Waals surface area contributed by atoms with Gasteiger partial charge in [-0.3, -0.25) is 0 Å². The number of fused-ring (bicyclic) bond motifs is 5. The Balaban J connectivity index is 2.11. The molecular weight excluding hydrogens is 220 g/mol. The largest absolute Gasteiger partial charge is 0.507 e. The molecule has 0 aromatic heterocycles. The Morgan fingerprint density at radius 2 is 1.61 bits per heavy atom. The monoisotopic (exact) mass is 232 g/mol. The highest BCUT2D eigenvalue weighted by Crippen LogP contribution is 2.25. The van der Waals surface area contributed by atoms with Crippen molar-refractivity contribution < 1.29 is 5.11 Å². The first kappa shape index (κ1) is 9.72. The number of aliphatic hydroxyl groups is 1. The Morgan fingerprint density at radius 3 is 2.56 bits per heavy atom. The van der Waals surface area contributed by atoms with E-state index in [0.29, 0.717) is 5.76 Å². The van der Waals surface area contributed by atoms with Crippen LogP contribution in [0.15, 0.2) is 42.5 Å². The molecule has 0 saturated heterocycles. The fourth-order valence-corrected chi connectivity index (χ4v) is 2.92. The molecule has 0 bridgehead atoms. The summed E-state index contributed by atoms with van der Waals surface area (Å²) >= 11 is 0. The fraction of sp³-hybridized carbons (Fsp3) is 0.0588. The first-order chi connectivity index (χ1) is 8.84. The number of allylic oxidation sites excluding steroid dienone is 1. The molecule has 1 heteroatoms. The van der Waals surface area contributed by atoms with Crippen molar-refractivity contribution in [3.63, 3.8) is 0 Å². The molecule has 0 aliphatic heterocycles. The Morgan fingerprint density at radius 1 is 0.778 bits per heavy atom. The molecule has 18 heavy (non-hydrogen) atoms. The van der Waals surface area contributed by atoms with Crippen molar-refractivity contribution in [1.82, 2.24) is 0 Å². The first-order valence-electron chi connectivity index (χ1n) is 6.17. The predicted octanol–water partition coefficient (Wildman–Crippen LogP) is 2.38. The van der Waals surface area contributed by atoms with E-state index in [2.05, 4.69) is 36.4 Å². The van der Waals surface area contributed by atoms with Crippen LogP contribution in [-0.2, 0) is 6.42 Å². The lowest BCUT2D eigenvalue weighted by atomic mass is 9.89. The van der Waals surface area contributed by atoms with Crippen LogP contribution in [0.1, 0.15) is 11.1 Å². The van der Waals surface area contributed by atoms with Gasteiger partial charge in [-0.2, -0.15) is 0 Å². The molecule has 0 amide bonds. The van der Waals surface area contributed by atoms with E-state index in [0.717, 1.165) is 17.2 Å². The molecule has 2 aromatic rings. The number of hydrogen-bond donors (Lipinski definition) is 1. The Bertz CT molecular complexity index is 810. The molecule has 2 aliphatic carbocycles. The standard InChI is InChI=1S/C17H12O/c18-17-10-9-15-14-6-5-11-3-1-2-4-12(11)13(14)7-8-16(15)17/h1-4,6-10,18H,5H2. The summed E-state index contributed by atoms with van der Waals surface area (Å²) in [5.74, 6) is 0.375. The van der Waals surface area contributed by atoms with Gasteiger partial charge in [0.15, 0.2) is 0 Å². The quantitative estimate of drug-likeness (QED) is 0.739. The van der Waals surface area contributed by atoms with Crippen LogP contribution < -0.4 is 10.4 Å². The smallest absolute Gasteiger partial charge is 0.123 e. The van der Waals surface area contributed by atoms with Gasteiger partial charge in [0.25, 0.3) is 0 Å². The van der Waals surface area contributed by atoms with Crippen LogP contribution in [0.5, 0.6) is 0 Å². The van der Waals surface area contributed by atoms with Gasteiger partial charge in [-0.1, -0.05) is 42.5 Å². The lowest BCUT2D eigenvalue weighted by molar-refractivity contribution is 0.513. The van der Waals surface area contributed by atoms with Gasteiger partial charge in [0, 0.05) is 5.56 Å². The number of aliphatic hydroxyl groups excluding tert-OH is 1. The molecule has 0 fully saturated rings. The third kappa shape index (κ3) is 1.16. The van der Waals surface area contributed by atoms with E-state index in [1.165, 1.54) is 21.9 Å². The molecule has 2 aromatic carbocycles. The minimum absolute atomic E-state index is 0.375. The SMILES string of the molecule is OC1=CC=c2c1ccc1c2=CCc2ccccc2-1. The summed E-state index contributed by atoms with van der Waals surface area (Å²) in [7, 11) is 0. The summed E-state index contributed by atoms with van der Waals surface area (Å²) in [6.07, 6.45) is 7.01. The second kappa shape index (κ2) is 3.36. The zero-order valence-electron chi connectivity index (χ0n) is 9.85. The fourth-order valence-electron chi connectivity index (χ4n) is 2.92. The van der Waals surface area contributed by atoms with Gasteiger partial charge in [-0.05, 0) is 45.7 Å². The van der Waals surface area contributed by atoms with E-state index in [9.17, 15) is 5.11 Å². The molecule has 0 spiro atoms. The Hall–Kier alpha value is -2.28. The van der Waals surface area contributed by atoms with Crippen LogP contribution in [0.25, 0.3) is 29.0 Å². The zero-order valence-corrected chi connectivity index (χ0v) is 9.85. The maximum Gasteiger partial charge on any atom is 0.123 e. The molecule has 0 saturated carbocycles. The summed E-state index contributed by atoms with van der Waals surface area (Å²) in [4.78, 5) is 0. The molecular formula is C17H12O. The van der Waals surface area contributed by atoms with Gasteiger partial charge < -0.3 is 5.11 Å². The highest BCUT2D eigenvalue weighted by molar-refractivity contribution is 5.80. The lowest BCUT2D eigenvalue weighted by Crippen LogP contribution is -2.30. The third-order valence-electron chi connectivity index (χ3n) is 3.80. The summed E-state index contributed by atoms with van der Waals surface area (Å²) in [5, 5.41) is 12.2. The van der Waals surface area contributed by atoms with Crippen molar-refractivity contribution in [3.05, 3.63) is 64.0 Å². The van der Waals surface area contributed by atoms with Crippen LogP contribution in [0, 0.1) is 0 Å². The van der Waals surface area contributed by atoms with Crippen molar-refractivity contribution in [2.45, 2.75) is 6.42 Å². The highest BCUT2D eigenvalue weighted by Gasteiger charge is 2.14. The highest BCUT2D eigenvalue weighted by atomic mass is 16.3. The van der Waals surface area contributed by atoms with Crippen LogP contribution in [0.4, 0.5) is 0 Å². The molecule has 4 rings (SSSR count). The van der Waals surface area contributed by atoms with Crippen molar-refractivity contribution in [3.8, 4) is 11.1 Å². The van der Waals surface area contributed by atoms with Crippen LogP contribution >= 0.6 is 0 Å². The van der Waals surface area contributed by atoms with Gasteiger partial charge in [-0.25, -0.2) is 0 Å². The normalized spacial score (nSPS) is 14.8. The maximum absolute atomic E-state index is 9.79. The van der Waals surface area contributed by atoms with E-state index < -0.39 is 0 Å². The molecule has 0 unspecified atom stereocenters. The second-order valence-corrected chi connectivity index (χ2v) is 4.77. The topological polar surface area (TPSA) is 20.2 Å². The number of benzene rings is 2. The predicted molar refractivity (Wildman–Crippen MR) is 74.4 cm³/mol. The summed E-state index contributed by atoms with van der Waals surface area (Å²) in [6, 6.07) is 12.7. The van der Waals surface area contributed by atoms with E-state index in [1.807, 2.05) is 12.1 Å². The van der Waals surface area contributed by atoms with Gasteiger partial charge in [0.2, 0.25) is 0 Å². The van der Waals surface area contributed by atoms with E-state index in [4.69, 9.17) is 0 Å². The van der Waals surface area contributed by atoms with Gasteiger partial charge in [0.1, 0.15) is 5.76 Å². The van der Waals surface area contributed by atoms with E-state index in [1.54, 1.807) is 6.08 Å². The van der Waals surface area contributed by atoms with Crippen LogP contribution in [0.2, 0.25) is 0 Å². The van der Waals surface area contributed by atoms with Crippen LogP contribution in [-0.4, -0.2) is 5.11 Å². The number of hydrogen-bond acceptors (Lipinski definition) is 1. The van der Waals surface area contributed by atoms with Crippen molar-refractivity contribution >= 4 is 17.9 Å². The summed E-state index contributed by atoms with van der Waals surface area (Å²) < 4.78 is 0. The van der Waals surface area contributed by atoms with Crippen molar-refractivity contribution in [2.75, 3.05) is 0 Å². The first-order valence-corrected chi connectivity index (χ1v) is 6.17. The Kier molecular flexibility index (Phi) is 1.81. The molecule has 2 aliphatic rings. The third-order valence-corrected chi connectivity index (χ3v) is 3.80. The Labute approximate surface area is 105 Å². The summed E-state index contributed by atoms with van der Waals surface area (Å²) in [5.41, 5.74) is 4.91. The summed E-state index contributed by atoms with van der Waals surface area (Å²) in [6.45, 7) is 0. The lowest BCUT2D eigenvalue weighted by Gasteiger charge is -2.15. The van der Waals surface area contributed by atoms with Crippen molar-refractivity contribution in [1.29, 1.82) is 0 Å². The van der Waals surface area contributed by atoms with Crippen molar-refractivity contribution in [2.24, 2.45) is 0 Å². The van der Waals surface area contributed by atoms with Gasteiger partial charge in [-0.15, -0.1) is 0 Å². The minimum atomic E-state index is 0.375. The average molecular weight is 232 g/mol. The maximum atomic E-state index is 9.79. The molecule has 0 radical (unpaired) electrons. The molecule has 1 N–H and O–H groups in total. The molecule has 0 heterocycles. The molecule has 86 valence electrons. The second-order valence-electron chi connectivity index (χ2n) is 4.77. The van der Waals surface area contributed by atoms with E-state index in [-0.39, 0.29) is 0 Å². The minimum Gasteiger partial charge on any atom is -0.507 e.